The van der Waals surface area contributed by atoms with Gasteiger partial charge in [-0.2, -0.15) is 0 Å². The van der Waals surface area contributed by atoms with Crippen LogP contribution in [0.15, 0.2) is 48.5 Å². The standard InChI is InChI=1S/C21H27NO3.ClH/c1-2-23-21-13-18(14-22-15-19-9-6-12-24-19)10-11-20(21)25-16-17-7-4-3-5-8-17;/h3-5,7-8,10-11,13,19,22H,2,6,9,12,14-16H2,1H3;1H. The van der Waals surface area contributed by atoms with Gasteiger partial charge in [0.25, 0.3) is 0 Å². The summed E-state index contributed by atoms with van der Waals surface area (Å²) >= 11 is 0. The lowest BCUT2D eigenvalue weighted by molar-refractivity contribution is 0.110. The molecule has 1 fully saturated rings. The first-order chi connectivity index (χ1) is 12.3. The Morgan fingerprint density at radius 2 is 1.88 bits per heavy atom. The predicted octanol–water partition coefficient (Wildman–Crippen LogP) is 4.35. The van der Waals surface area contributed by atoms with Gasteiger partial charge in [0.15, 0.2) is 11.5 Å². The fraction of sp³-hybridized carbons (Fsp3) is 0.429. The molecule has 1 unspecified atom stereocenters. The average Bonchev–Trinajstić information content (AvgIpc) is 3.16. The van der Waals surface area contributed by atoms with E-state index < -0.39 is 0 Å². The van der Waals surface area contributed by atoms with Crippen LogP contribution < -0.4 is 14.8 Å². The molecule has 1 aliphatic heterocycles. The minimum atomic E-state index is 0. The van der Waals surface area contributed by atoms with E-state index in [1.807, 2.05) is 31.2 Å². The zero-order valence-electron chi connectivity index (χ0n) is 15.3. The van der Waals surface area contributed by atoms with E-state index in [4.69, 9.17) is 14.2 Å². The predicted molar refractivity (Wildman–Crippen MR) is 106 cm³/mol. The highest BCUT2D eigenvalue weighted by Crippen LogP contribution is 2.29. The summed E-state index contributed by atoms with van der Waals surface area (Å²) in [5, 5.41) is 3.47. The Kier molecular flexibility index (Phi) is 8.75. The second-order valence-corrected chi connectivity index (χ2v) is 6.25. The van der Waals surface area contributed by atoms with E-state index in [0.29, 0.717) is 19.3 Å². The smallest absolute Gasteiger partial charge is 0.161 e. The molecule has 0 saturated carbocycles. The molecular weight excluding hydrogens is 350 g/mol. The van der Waals surface area contributed by atoms with Gasteiger partial charge < -0.3 is 19.5 Å². The molecule has 2 aromatic carbocycles. The molecule has 5 heteroatoms. The maximum atomic E-state index is 5.95. The molecule has 26 heavy (non-hydrogen) atoms. The number of hydrogen-bond donors (Lipinski definition) is 1. The van der Waals surface area contributed by atoms with Crippen molar-refractivity contribution < 1.29 is 14.2 Å². The molecule has 1 heterocycles. The van der Waals surface area contributed by atoms with Crippen LogP contribution in [-0.2, 0) is 17.9 Å². The molecule has 1 N–H and O–H groups in total. The third kappa shape index (κ3) is 6.20. The van der Waals surface area contributed by atoms with Gasteiger partial charge in [0.1, 0.15) is 6.61 Å². The fourth-order valence-electron chi connectivity index (χ4n) is 2.97. The van der Waals surface area contributed by atoms with Crippen molar-refractivity contribution in [2.24, 2.45) is 0 Å². The zero-order valence-corrected chi connectivity index (χ0v) is 16.1. The molecule has 0 aliphatic carbocycles. The normalized spacial score (nSPS) is 16.1. The summed E-state index contributed by atoms with van der Waals surface area (Å²) in [6.07, 6.45) is 2.69. The first-order valence-electron chi connectivity index (χ1n) is 9.10. The number of benzene rings is 2. The van der Waals surface area contributed by atoms with Crippen LogP contribution in [0.2, 0.25) is 0 Å². The first kappa shape index (κ1) is 20.6. The summed E-state index contributed by atoms with van der Waals surface area (Å²) in [5.74, 6) is 1.59. The van der Waals surface area contributed by atoms with Crippen molar-refractivity contribution >= 4 is 12.4 Å². The van der Waals surface area contributed by atoms with Crippen molar-refractivity contribution in [2.75, 3.05) is 19.8 Å². The van der Waals surface area contributed by atoms with Crippen molar-refractivity contribution in [1.29, 1.82) is 0 Å². The quantitative estimate of drug-likeness (QED) is 0.705. The molecule has 0 amide bonds. The average molecular weight is 378 g/mol. The maximum Gasteiger partial charge on any atom is 0.161 e. The number of nitrogens with one attached hydrogen (secondary N) is 1. The van der Waals surface area contributed by atoms with Crippen LogP contribution in [0.1, 0.15) is 30.9 Å². The van der Waals surface area contributed by atoms with Gasteiger partial charge in [-0.15, -0.1) is 12.4 Å². The van der Waals surface area contributed by atoms with Gasteiger partial charge in [-0.25, -0.2) is 0 Å². The highest BCUT2D eigenvalue weighted by atomic mass is 35.5. The molecule has 3 rings (SSSR count). The van der Waals surface area contributed by atoms with Crippen LogP contribution in [0.4, 0.5) is 0 Å². The Balaban J connectivity index is 0.00000243. The summed E-state index contributed by atoms with van der Waals surface area (Å²) in [5.41, 5.74) is 2.33. The Morgan fingerprint density at radius 1 is 1.04 bits per heavy atom. The van der Waals surface area contributed by atoms with Crippen LogP contribution in [-0.4, -0.2) is 25.9 Å². The molecule has 0 spiro atoms. The minimum absolute atomic E-state index is 0. The lowest BCUT2D eigenvalue weighted by atomic mass is 10.2. The molecule has 0 bridgehead atoms. The van der Waals surface area contributed by atoms with E-state index in [0.717, 1.165) is 43.2 Å². The lowest BCUT2D eigenvalue weighted by Crippen LogP contribution is -2.25. The van der Waals surface area contributed by atoms with E-state index in [-0.39, 0.29) is 12.4 Å². The van der Waals surface area contributed by atoms with Crippen molar-refractivity contribution in [3.63, 3.8) is 0 Å². The van der Waals surface area contributed by atoms with Gasteiger partial charge in [0.2, 0.25) is 0 Å². The molecule has 2 aromatic rings. The van der Waals surface area contributed by atoms with Gasteiger partial charge in [-0.1, -0.05) is 36.4 Å². The summed E-state index contributed by atoms with van der Waals surface area (Å²) in [7, 11) is 0. The maximum absolute atomic E-state index is 5.95. The third-order valence-electron chi connectivity index (χ3n) is 4.27. The molecule has 1 saturated heterocycles. The Hall–Kier alpha value is -1.75. The number of halogens is 1. The molecule has 4 nitrogen and oxygen atoms in total. The van der Waals surface area contributed by atoms with Crippen LogP contribution in [0.25, 0.3) is 0 Å². The highest BCUT2D eigenvalue weighted by Gasteiger charge is 2.14. The van der Waals surface area contributed by atoms with Crippen molar-refractivity contribution in [3.05, 3.63) is 59.7 Å². The number of ether oxygens (including phenoxy) is 3. The monoisotopic (exact) mass is 377 g/mol. The summed E-state index contributed by atoms with van der Waals surface area (Å²) in [6, 6.07) is 16.3. The Morgan fingerprint density at radius 3 is 2.62 bits per heavy atom. The van der Waals surface area contributed by atoms with Gasteiger partial charge in [0, 0.05) is 19.7 Å². The van der Waals surface area contributed by atoms with Crippen LogP contribution in [0.3, 0.4) is 0 Å². The second kappa shape index (κ2) is 11.1. The van der Waals surface area contributed by atoms with E-state index >= 15 is 0 Å². The van der Waals surface area contributed by atoms with E-state index in [1.165, 1.54) is 12.0 Å². The molecule has 1 aliphatic rings. The second-order valence-electron chi connectivity index (χ2n) is 6.25. The molecule has 142 valence electrons. The highest BCUT2D eigenvalue weighted by molar-refractivity contribution is 5.85. The van der Waals surface area contributed by atoms with Crippen LogP contribution in [0.5, 0.6) is 11.5 Å². The number of hydrogen-bond acceptors (Lipinski definition) is 4. The van der Waals surface area contributed by atoms with Crippen LogP contribution >= 0.6 is 12.4 Å². The summed E-state index contributed by atoms with van der Waals surface area (Å²) < 4.78 is 17.4. The SMILES string of the molecule is CCOc1cc(CNCC2CCCO2)ccc1OCc1ccccc1.Cl. The lowest BCUT2D eigenvalue weighted by Gasteiger charge is -2.15. The fourth-order valence-corrected chi connectivity index (χ4v) is 2.97. The summed E-state index contributed by atoms with van der Waals surface area (Å²) in [4.78, 5) is 0. The molecule has 0 radical (unpaired) electrons. The Labute approximate surface area is 162 Å². The van der Waals surface area contributed by atoms with Crippen molar-refractivity contribution in [3.8, 4) is 11.5 Å². The first-order valence-corrected chi connectivity index (χ1v) is 9.10. The van der Waals surface area contributed by atoms with E-state index in [1.54, 1.807) is 0 Å². The Bertz CT molecular complexity index is 645. The molecular formula is C21H28ClNO3. The van der Waals surface area contributed by atoms with Crippen molar-refractivity contribution in [1.82, 2.24) is 5.32 Å². The van der Waals surface area contributed by atoms with Gasteiger partial charge in [-0.3, -0.25) is 0 Å². The van der Waals surface area contributed by atoms with Gasteiger partial charge >= 0.3 is 0 Å². The van der Waals surface area contributed by atoms with Crippen LogP contribution in [0, 0.1) is 0 Å². The molecule has 1 atom stereocenters. The van der Waals surface area contributed by atoms with Gasteiger partial charge in [0.05, 0.1) is 12.7 Å². The largest absolute Gasteiger partial charge is 0.490 e. The van der Waals surface area contributed by atoms with E-state index in [9.17, 15) is 0 Å². The van der Waals surface area contributed by atoms with Gasteiger partial charge in [-0.05, 0) is 43.0 Å². The third-order valence-corrected chi connectivity index (χ3v) is 4.27. The topological polar surface area (TPSA) is 39.7 Å². The summed E-state index contributed by atoms with van der Waals surface area (Å²) in [6.45, 7) is 5.75. The van der Waals surface area contributed by atoms with Crippen molar-refractivity contribution in [2.45, 2.75) is 39.0 Å². The number of rotatable bonds is 9. The molecule has 0 aromatic heterocycles. The minimum Gasteiger partial charge on any atom is -0.490 e. The van der Waals surface area contributed by atoms with E-state index in [2.05, 4.69) is 29.6 Å². The zero-order chi connectivity index (χ0) is 17.3.